The van der Waals surface area contributed by atoms with Gasteiger partial charge >= 0.3 is 11.9 Å². The lowest BCUT2D eigenvalue weighted by Crippen LogP contribution is -2.40. The zero-order valence-electron chi connectivity index (χ0n) is 31.8. The fraction of sp³-hybridized carbons (Fsp3) is 0.310. The number of hydrogen-bond donors (Lipinski definition) is 4. The van der Waals surface area contributed by atoms with Gasteiger partial charge in [-0.15, -0.1) is 11.8 Å². The fourth-order valence-corrected chi connectivity index (χ4v) is 6.44. The van der Waals surface area contributed by atoms with Crippen LogP contribution in [-0.4, -0.2) is 102 Å². The molecule has 2 atom stereocenters. The number of carbonyl (C=O) groups excluding carboxylic acids is 1. The summed E-state index contributed by atoms with van der Waals surface area (Å²) in [6.45, 7) is 7.56. The zero-order chi connectivity index (χ0) is 41.6. The van der Waals surface area contributed by atoms with Crippen LogP contribution in [0.25, 0.3) is 22.0 Å². The van der Waals surface area contributed by atoms with E-state index in [0.29, 0.717) is 36.4 Å². The molecule has 0 saturated heterocycles. The maximum atomic E-state index is 14.5. The number of thioether (sulfide) groups is 1. The van der Waals surface area contributed by atoms with E-state index in [2.05, 4.69) is 78.5 Å². The van der Waals surface area contributed by atoms with Crippen molar-refractivity contribution < 1.29 is 43.6 Å². The van der Waals surface area contributed by atoms with Crippen molar-refractivity contribution >= 4 is 40.5 Å². The molecule has 5 rings (SSSR count). The largest absolute Gasteiger partial charge is 0.479 e. The molecule has 0 radical (unpaired) electrons. The van der Waals surface area contributed by atoms with Crippen LogP contribution in [0.2, 0.25) is 0 Å². The number of hydrogen-bond acceptors (Lipinski definition) is 9. The van der Waals surface area contributed by atoms with Crippen LogP contribution in [0.3, 0.4) is 0 Å². The summed E-state index contributed by atoms with van der Waals surface area (Å²) in [5.41, 5.74) is 3.60. The molecule has 12 nitrogen and oxygen atoms in total. The van der Waals surface area contributed by atoms with E-state index in [1.165, 1.54) is 17.0 Å². The Kier molecular flexibility index (Phi) is 16.4. The Bertz CT molecular complexity index is 2180. The summed E-state index contributed by atoms with van der Waals surface area (Å²) >= 11 is 1.71. The normalized spacial score (nSPS) is 12.1. The van der Waals surface area contributed by atoms with Gasteiger partial charge in [-0.1, -0.05) is 74.5 Å². The first-order chi connectivity index (χ1) is 27.3. The molecule has 0 aliphatic rings. The molecule has 0 spiro atoms. The molecule has 1 heterocycles. The Labute approximate surface area is 333 Å². The number of para-hydroxylation sites is 1. The maximum absolute atomic E-state index is 14.5. The molecule has 0 bridgehead atoms. The number of carboxylic acids is 2. The predicted molar refractivity (Wildman–Crippen MR) is 214 cm³/mol. The number of aliphatic hydroxyl groups is 2. The SMILES string of the molecule is CCN(CC)CCN(Cc1ccc(-c2ccc(SC)cc2)cc1)C(=O)Cn1c(CCc2cccc(F)c2F)nc(=O)c2ccccc21.O=C(O)C(O)C(O)C(=O)O. The summed E-state index contributed by atoms with van der Waals surface area (Å²) < 4.78 is 30.2. The molecule has 15 heteroatoms. The minimum Gasteiger partial charge on any atom is -0.479 e. The molecule has 0 saturated carbocycles. The van der Waals surface area contributed by atoms with E-state index in [-0.39, 0.29) is 30.9 Å². The highest BCUT2D eigenvalue weighted by Gasteiger charge is 2.29. The van der Waals surface area contributed by atoms with Crippen LogP contribution in [-0.2, 0) is 40.3 Å². The Morgan fingerprint density at radius 3 is 1.96 bits per heavy atom. The van der Waals surface area contributed by atoms with Gasteiger partial charge in [0.05, 0.1) is 10.9 Å². The first kappa shape index (κ1) is 44.2. The number of benzene rings is 4. The second kappa shape index (κ2) is 21.2. The average Bonchev–Trinajstić information content (AvgIpc) is 3.22. The van der Waals surface area contributed by atoms with Crippen molar-refractivity contribution in [3.63, 3.8) is 0 Å². The second-order valence-corrected chi connectivity index (χ2v) is 13.9. The molecule has 1 aromatic heterocycles. The summed E-state index contributed by atoms with van der Waals surface area (Å²) in [5, 5.41) is 32.9. The van der Waals surface area contributed by atoms with Gasteiger partial charge in [-0.3, -0.25) is 9.59 Å². The average molecular weight is 805 g/mol. The lowest BCUT2D eigenvalue weighted by atomic mass is 10.0. The van der Waals surface area contributed by atoms with Crippen LogP contribution < -0.4 is 5.56 Å². The summed E-state index contributed by atoms with van der Waals surface area (Å²) in [5.74, 6) is -5.14. The smallest absolute Gasteiger partial charge is 0.335 e. The number of rotatable bonds is 17. The number of halogens is 2. The molecule has 2 unspecified atom stereocenters. The highest BCUT2D eigenvalue weighted by atomic mass is 32.2. The van der Waals surface area contributed by atoms with Crippen molar-refractivity contribution in [2.75, 3.05) is 32.4 Å². The minimum atomic E-state index is -2.27. The van der Waals surface area contributed by atoms with Gasteiger partial charge in [0.1, 0.15) is 12.4 Å². The van der Waals surface area contributed by atoms with E-state index >= 15 is 0 Å². The quantitative estimate of drug-likeness (QED) is 0.0922. The molecule has 4 aromatic carbocycles. The number of aliphatic carboxylic acids is 2. The number of nitrogens with zero attached hydrogens (tertiary/aromatic N) is 4. The van der Waals surface area contributed by atoms with Crippen molar-refractivity contribution in [3.05, 3.63) is 130 Å². The number of aryl methyl sites for hydroxylation is 2. The summed E-state index contributed by atoms with van der Waals surface area (Å²) in [6, 6.07) is 27.8. The van der Waals surface area contributed by atoms with Gasteiger partial charge in [0.2, 0.25) is 5.91 Å². The van der Waals surface area contributed by atoms with Crippen LogP contribution in [0.5, 0.6) is 0 Å². The van der Waals surface area contributed by atoms with Crippen LogP contribution in [0.15, 0.2) is 101 Å². The maximum Gasteiger partial charge on any atom is 0.335 e. The van der Waals surface area contributed by atoms with Crippen molar-refractivity contribution in [3.8, 4) is 11.1 Å². The Hall–Kier alpha value is -5.48. The van der Waals surface area contributed by atoms with Gasteiger partial charge in [0, 0.05) is 31.0 Å². The number of amides is 1. The van der Waals surface area contributed by atoms with E-state index in [4.69, 9.17) is 20.4 Å². The van der Waals surface area contributed by atoms with Gasteiger partial charge in [0.25, 0.3) is 5.56 Å². The predicted octanol–water partition coefficient (Wildman–Crippen LogP) is 5.10. The molecule has 57 heavy (non-hydrogen) atoms. The van der Waals surface area contributed by atoms with Crippen molar-refractivity contribution in [1.29, 1.82) is 0 Å². The van der Waals surface area contributed by atoms with Gasteiger partial charge < -0.3 is 34.8 Å². The molecule has 1 amide bonds. The van der Waals surface area contributed by atoms with E-state index in [0.717, 1.165) is 35.8 Å². The minimum absolute atomic E-state index is 0.0487. The molecular formula is C42H46F2N4O8S. The highest BCUT2D eigenvalue weighted by molar-refractivity contribution is 7.98. The van der Waals surface area contributed by atoms with Gasteiger partial charge in [0.15, 0.2) is 23.8 Å². The standard InChI is InChI=1S/C38H40F2N4O2S.C4H6O6/c1-4-42(5-2)23-24-43(25-27-13-15-28(16-14-27)29-17-20-31(47-3)21-18-29)36(45)26-44-34-12-7-6-10-32(34)38(46)41-35(44)22-19-30-9-8-11-33(39)37(30)40;5-1(3(7)8)2(6)4(9)10/h6-18,20-21H,4-5,19,22-26H2,1-3H3;1-2,5-6H,(H,7,8)(H,9,10). The highest BCUT2D eigenvalue weighted by Crippen LogP contribution is 2.24. The van der Waals surface area contributed by atoms with Crippen molar-refractivity contribution in [1.82, 2.24) is 19.4 Å². The van der Waals surface area contributed by atoms with E-state index in [1.807, 2.05) is 11.0 Å². The molecule has 302 valence electrons. The van der Waals surface area contributed by atoms with Crippen molar-refractivity contribution in [2.45, 2.75) is 56.9 Å². The topological polar surface area (TPSA) is 174 Å². The first-order valence-electron chi connectivity index (χ1n) is 18.2. The van der Waals surface area contributed by atoms with E-state index < -0.39 is 41.3 Å². The van der Waals surface area contributed by atoms with Crippen LogP contribution in [0.1, 0.15) is 30.8 Å². The van der Waals surface area contributed by atoms with Crippen molar-refractivity contribution in [2.24, 2.45) is 0 Å². The van der Waals surface area contributed by atoms with Gasteiger partial charge in [-0.2, -0.15) is 4.98 Å². The number of carboxylic acid groups (broad SMARTS) is 2. The Balaban J connectivity index is 0.000000635. The molecule has 0 aliphatic heterocycles. The summed E-state index contributed by atoms with van der Waals surface area (Å²) in [7, 11) is 0. The Morgan fingerprint density at radius 2 is 1.39 bits per heavy atom. The third-order valence-corrected chi connectivity index (χ3v) is 10.1. The second-order valence-electron chi connectivity index (χ2n) is 13.0. The molecule has 4 N–H and O–H groups in total. The summed E-state index contributed by atoms with van der Waals surface area (Å²) in [6.07, 6.45) is -2.19. The van der Waals surface area contributed by atoms with Crippen LogP contribution >= 0.6 is 11.8 Å². The number of likely N-dealkylation sites (N-methyl/N-ethyl adjacent to an activating group) is 1. The van der Waals surface area contributed by atoms with E-state index in [9.17, 15) is 28.0 Å². The zero-order valence-corrected chi connectivity index (χ0v) is 32.7. The lowest BCUT2D eigenvalue weighted by Gasteiger charge is -2.28. The number of carbonyl (C=O) groups is 3. The molecule has 5 aromatic rings. The monoisotopic (exact) mass is 804 g/mol. The lowest BCUT2D eigenvalue weighted by molar-refractivity contribution is -0.165. The van der Waals surface area contributed by atoms with Crippen LogP contribution in [0.4, 0.5) is 8.78 Å². The van der Waals surface area contributed by atoms with Gasteiger partial charge in [-0.25, -0.2) is 18.4 Å². The third-order valence-electron chi connectivity index (χ3n) is 9.40. The molecular weight excluding hydrogens is 759 g/mol. The fourth-order valence-electron chi connectivity index (χ4n) is 6.03. The number of aliphatic hydroxyl groups excluding tert-OH is 2. The Morgan fingerprint density at radius 1 is 0.789 bits per heavy atom. The molecule has 0 fully saturated rings. The van der Waals surface area contributed by atoms with Gasteiger partial charge in [-0.05, 0) is 78.4 Å². The first-order valence-corrected chi connectivity index (χ1v) is 19.5. The van der Waals surface area contributed by atoms with Crippen LogP contribution in [0, 0.1) is 11.6 Å². The van der Waals surface area contributed by atoms with E-state index in [1.54, 1.807) is 34.5 Å². The third kappa shape index (κ3) is 12.0. The number of fused-ring (bicyclic) bond motifs is 1. The summed E-state index contributed by atoms with van der Waals surface area (Å²) in [4.78, 5) is 56.4. The number of aromatic nitrogens is 2. The molecule has 0 aliphatic carbocycles.